The highest BCUT2D eigenvalue weighted by Gasteiger charge is 2.22. The molecule has 0 aliphatic carbocycles. The summed E-state index contributed by atoms with van der Waals surface area (Å²) in [5.74, 6) is -0.0564. The van der Waals surface area contributed by atoms with Gasteiger partial charge in [-0.25, -0.2) is 4.79 Å². The Balaban J connectivity index is 2.41. The van der Waals surface area contributed by atoms with Gasteiger partial charge in [0, 0.05) is 6.04 Å². The van der Waals surface area contributed by atoms with Crippen molar-refractivity contribution in [2.45, 2.75) is 19.9 Å². The van der Waals surface area contributed by atoms with Gasteiger partial charge >= 0.3 is 5.69 Å². The fourth-order valence-corrected chi connectivity index (χ4v) is 2.11. The molecule has 2 aromatic rings. The third kappa shape index (κ3) is 2.15. The Morgan fingerprint density at radius 3 is 2.56 bits per heavy atom. The van der Waals surface area contributed by atoms with Gasteiger partial charge < -0.3 is 15.7 Å². The van der Waals surface area contributed by atoms with Gasteiger partial charge in [0.1, 0.15) is 0 Å². The molecule has 0 saturated heterocycles. The molecule has 0 spiro atoms. The second kappa shape index (κ2) is 4.67. The summed E-state index contributed by atoms with van der Waals surface area (Å²) in [4.78, 5) is 16.5. The van der Waals surface area contributed by atoms with E-state index in [1.165, 1.54) is 0 Å². The fraction of sp³-hybridized carbons (Fsp3) is 0.385. The van der Waals surface area contributed by atoms with Crippen LogP contribution < -0.4 is 11.4 Å². The van der Waals surface area contributed by atoms with Crippen molar-refractivity contribution in [3.05, 3.63) is 34.2 Å². The second-order valence-electron chi connectivity index (χ2n) is 4.81. The van der Waals surface area contributed by atoms with Crippen LogP contribution in [0.5, 0.6) is 0 Å². The van der Waals surface area contributed by atoms with E-state index in [1.54, 1.807) is 6.07 Å². The molecule has 2 rings (SSSR count). The number of rotatable bonds is 3. The molecule has 0 radical (unpaired) electrons. The molecular weight excluding hydrogens is 228 g/mol. The first kappa shape index (κ1) is 12.4. The quantitative estimate of drug-likeness (QED) is 0.765. The van der Waals surface area contributed by atoms with Crippen molar-refractivity contribution in [1.29, 1.82) is 5.26 Å². The Morgan fingerprint density at radius 2 is 1.94 bits per heavy atom. The van der Waals surface area contributed by atoms with E-state index in [-0.39, 0.29) is 23.6 Å². The van der Waals surface area contributed by atoms with Crippen LogP contribution in [-0.4, -0.2) is 9.97 Å². The summed E-state index contributed by atoms with van der Waals surface area (Å²) < 4.78 is 0. The summed E-state index contributed by atoms with van der Waals surface area (Å²) in [6.45, 7) is 3.95. The molecule has 1 heterocycles. The number of aromatic amines is 2. The summed E-state index contributed by atoms with van der Waals surface area (Å²) in [7, 11) is 0. The highest BCUT2D eigenvalue weighted by atomic mass is 16.1. The Hall–Kier alpha value is -2.06. The van der Waals surface area contributed by atoms with Crippen molar-refractivity contribution < 1.29 is 0 Å². The zero-order valence-electron chi connectivity index (χ0n) is 10.4. The summed E-state index contributed by atoms with van der Waals surface area (Å²) in [6.07, 6.45) is 0. The maximum atomic E-state index is 11.2. The van der Waals surface area contributed by atoms with Crippen LogP contribution in [0, 0.1) is 23.2 Å². The largest absolute Gasteiger partial charge is 0.323 e. The van der Waals surface area contributed by atoms with Gasteiger partial charge in [-0.15, -0.1) is 0 Å². The van der Waals surface area contributed by atoms with E-state index in [0.717, 1.165) is 11.1 Å². The fourth-order valence-electron chi connectivity index (χ4n) is 2.11. The van der Waals surface area contributed by atoms with Crippen molar-refractivity contribution in [2.75, 3.05) is 0 Å². The van der Waals surface area contributed by atoms with Gasteiger partial charge in [-0.05, 0) is 23.6 Å². The first-order valence-corrected chi connectivity index (χ1v) is 5.90. The van der Waals surface area contributed by atoms with Crippen LogP contribution in [0.15, 0.2) is 23.0 Å². The number of nitrogens with one attached hydrogen (secondary N) is 2. The Morgan fingerprint density at radius 1 is 1.28 bits per heavy atom. The molecule has 5 heteroatoms. The number of nitrogens with two attached hydrogens (primary N) is 1. The standard InChI is InChI=1S/C13H16N4O/c1-7(2)9(6-14)12(15)8-3-4-10-11(5-8)17-13(18)16-10/h3-5,7,9,12H,15H2,1-2H3,(H2,16,17,18). The van der Waals surface area contributed by atoms with Crippen LogP contribution in [0.2, 0.25) is 0 Å². The van der Waals surface area contributed by atoms with Crippen LogP contribution in [0.3, 0.4) is 0 Å². The number of benzene rings is 1. The topological polar surface area (TPSA) is 98.5 Å². The van der Waals surface area contributed by atoms with Crippen molar-refractivity contribution in [2.24, 2.45) is 17.6 Å². The van der Waals surface area contributed by atoms with E-state index < -0.39 is 0 Å². The van der Waals surface area contributed by atoms with Crippen LogP contribution in [-0.2, 0) is 0 Å². The highest BCUT2D eigenvalue weighted by molar-refractivity contribution is 5.75. The summed E-state index contributed by atoms with van der Waals surface area (Å²) >= 11 is 0. The SMILES string of the molecule is CC(C)C(C#N)C(N)c1ccc2[nH]c(=O)[nH]c2c1. The molecule has 0 bridgehead atoms. The second-order valence-corrected chi connectivity index (χ2v) is 4.81. The smallest absolute Gasteiger partial charge is 0.323 e. The molecule has 18 heavy (non-hydrogen) atoms. The number of fused-ring (bicyclic) bond motifs is 1. The van der Waals surface area contributed by atoms with Crippen molar-refractivity contribution >= 4 is 11.0 Å². The predicted molar refractivity (Wildman–Crippen MR) is 69.8 cm³/mol. The molecule has 1 aromatic carbocycles. The summed E-state index contributed by atoms with van der Waals surface area (Å²) in [6, 6.07) is 7.38. The van der Waals surface area contributed by atoms with Gasteiger partial charge in [-0.1, -0.05) is 19.9 Å². The van der Waals surface area contributed by atoms with Gasteiger partial charge in [0.15, 0.2) is 0 Å². The minimum Gasteiger partial charge on any atom is -0.323 e. The average molecular weight is 244 g/mol. The number of imidazole rings is 1. The molecule has 0 amide bonds. The lowest BCUT2D eigenvalue weighted by atomic mass is 9.86. The maximum Gasteiger partial charge on any atom is 0.323 e. The van der Waals surface area contributed by atoms with Gasteiger partial charge in [0.05, 0.1) is 23.0 Å². The molecule has 2 atom stereocenters. The Kier molecular flexibility index (Phi) is 3.21. The van der Waals surface area contributed by atoms with E-state index in [9.17, 15) is 4.79 Å². The molecular formula is C13H16N4O. The molecule has 4 N–H and O–H groups in total. The predicted octanol–water partition coefficient (Wildman–Crippen LogP) is 1.65. The van der Waals surface area contributed by atoms with E-state index in [2.05, 4.69) is 16.0 Å². The van der Waals surface area contributed by atoms with Crippen molar-refractivity contribution in [1.82, 2.24) is 9.97 Å². The molecule has 0 fully saturated rings. The van der Waals surface area contributed by atoms with Crippen molar-refractivity contribution in [3.63, 3.8) is 0 Å². The number of nitrogens with zero attached hydrogens (tertiary/aromatic N) is 1. The number of aromatic nitrogens is 2. The number of nitriles is 1. The third-order valence-electron chi connectivity index (χ3n) is 3.18. The van der Waals surface area contributed by atoms with Gasteiger partial charge in [-0.3, -0.25) is 0 Å². The molecule has 0 aliphatic rings. The lowest BCUT2D eigenvalue weighted by Crippen LogP contribution is -2.24. The van der Waals surface area contributed by atoms with E-state index in [0.29, 0.717) is 5.52 Å². The first-order valence-electron chi connectivity index (χ1n) is 5.90. The monoisotopic (exact) mass is 244 g/mol. The van der Waals surface area contributed by atoms with Gasteiger partial charge in [-0.2, -0.15) is 5.26 Å². The van der Waals surface area contributed by atoms with E-state index in [1.807, 2.05) is 26.0 Å². The third-order valence-corrected chi connectivity index (χ3v) is 3.18. The minimum absolute atomic E-state index is 0.186. The Bertz CT molecular complexity index is 647. The van der Waals surface area contributed by atoms with E-state index >= 15 is 0 Å². The van der Waals surface area contributed by atoms with Crippen molar-refractivity contribution in [3.8, 4) is 6.07 Å². The molecule has 2 unspecified atom stereocenters. The van der Waals surface area contributed by atoms with E-state index in [4.69, 9.17) is 11.0 Å². The summed E-state index contributed by atoms with van der Waals surface area (Å²) in [5, 5.41) is 9.15. The van der Waals surface area contributed by atoms with Crippen LogP contribution >= 0.6 is 0 Å². The first-order chi connectivity index (χ1) is 8.52. The highest BCUT2D eigenvalue weighted by Crippen LogP contribution is 2.26. The zero-order chi connectivity index (χ0) is 13.3. The minimum atomic E-state index is -0.349. The molecule has 5 nitrogen and oxygen atoms in total. The molecule has 94 valence electrons. The van der Waals surface area contributed by atoms with Crippen LogP contribution in [0.4, 0.5) is 0 Å². The number of H-pyrrole nitrogens is 2. The Labute approximate surface area is 105 Å². The van der Waals surface area contributed by atoms with Crippen LogP contribution in [0.25, 0.3) is 11.0 Å². The lowest BCUT2D eigenvalue weighted by molar-refractivity contribution is 0.404. The number of hydrogen-bond donors (Lipinski definition) is 3. The molecule has 0 saturated carbocycles. The average Bonchev–Trinajstić information content (AvgIpc) is 2.68. The van der Waals surface area contributed by atoms with Gasteiger partial charge in [0.2, 0.25) is 0 Å². The maximum absolute atomic E-state index is 11.2. The molecule has 0 aliphatic heterocycles. The zero-order valence-corrected chi connectivity index (χ0v) is 10.4. The summed E-state index contributed by atoms with van der Waals surface area (Å²) in [5.41, 5.74) is 8.20. The number of hydrogen-bond acceptors (Lipinski definition) is 3. The lowest BCUT2D eigenvalue weighted by Gasteiger charge is -2.21. The van der Waals surface area contributed by atoms with Crippen LogP contribution in [0.1, 0.15) is 25.5 Å². The van der Waals surface area contributed by atoms with Gasteiger partial charge in [0.25, 0.3) is 0 Å². The molecule has 1 aromatic heterocycles. The normalized spacial score (nSPS) is 14.6.